The fraction of sp³-hybridized carbons (Fsp3) is 0.143. The zero-order valence-corrected chi connectivity index (χ0v) is 13.3. The van der Waals surface area contributed by atoms with Crippen LogP contribution in [0.25, 0.3) is 0 Å². The highest BCUT2D eigenvalue weighted by atomic mass is 32.2. The van der Waals surface area contributed by atoms with Gasteiger partial charge in [0, 0.05) is 11.8 Å². The molecule has 0 saturated carbocycles. The molecule has 3 N–H and O–H groups in total. The second-order valence-electron chi connectivity index (χ2n) is 4.58. The number of hydrogen-bond donors (Lipinski definition) is 2. The van der Waals surface area contributed by atoms with Crippen LogP contribution in [0.3, 0.4) is 0 Å². The molecule has 1 heterocycles. The van der Waals surface area contributed by atoms with E-state index >= 15 is 0 Å². The van der Waals surface area contributed by atoms with Crippen molar-refractivity contribution < 1.29 is 8.42 Å². The van der Waals surface area contributed by atoms with Gasteiger partial charge in [0.05, 0.1) is 16.3 Å². The van der Waals surface area contributed by atoms with Gasteiger partial charge < -0.3 is 5.73 Å². The first kappa shape index (κ1) is 15.4. The Kier molecular flexibility index (Phi) is 4.24. The van der Waals surface area contributed by atoms with E-state index in [1.165, 1.54) is 6.07 Å². The van der Waals surface area contributed by atoms with Gasteiger partial charge >= 0.3 is 0 Å². The summed E-state index contributed by atoms with van der Waals surface area (Å²) in [4.78, 5) is 4.45. The number of aromatic nitrogens is 1. The van der Waals surface area contributed by atoms with Crippen molar-refractivity contribution in [1.82, 2.24) is 4.98 Å². The van der Waals surface area contributed by atoms with E-state index in [4.69, 9.17) is 18.0 Å². The van der Waals surface area contributed by atoms with Crippen molar-refractivity contribution in [3.05, 3.63) is 53.3 Å². The van der Waals surface area contributed by atoms with E-state index < -0.39 is 10.0 Å². The number of aryl methyl sites for hydroxylation is 2. The summed E-state index contributed by atoms with van der Waals surface area (Å²) in [5.74, 6) is 0. The van der Waals surface area contributed by atoms with Gasteiger partial charge in [-0.3, -0.25) is 9.71 Å². The van der Waals surface area contributed by atoms with Crippen molar-refractivity contribution in [1.29, 1.82) is 0 Å². The molecule has 0 aliphatic rings. The second-order valence-corrected chi connectivity index (χ2v) is 6.71. The normalized spacial score (nSPS) is 11.1. The molecule has 0 aliphatic carbocycles. The molecule has 1 aromatic carbocycles. The quantitative estimate of drug-likeness (QED) is 0.843. The maximum atomic E-state index is 12.4. The number of nitrogens with two attached hydrogens (primary N) is 1. The van der Waals surface area contributed by atoms with Crippen molar-refractivity contribution >= 4 is 32.9 Å². The largest absolute Gasteiger partial charge is 0.389 e. The molecule has 21 heavy (non-hydrogen) atoms. The van der Waals surface area contributed by atoms with Crippen LogP contribution in [0, 0.1) is 13.8 Å². The van der Waals surface area contributed by atoms with Crippen molar-refractivity contribution in [2.45, 2.75) is 18.7 Å². The lowest BCUT2D eigenvalue weighted by Gasteiger charge is -2.11. The number of nitrogens with one attached hydrogen (secondary N) is 1. The molecule has 0 amide bonds. The van der Waals surface area contributed by atoms with Crippen LogP contribution in [0.2, 0.25) is 0 Å². The molecule has 0 aliphatic heterocycles. The summed E-state index contributed by atoms with van der Waals surface area (Å²) in [5, 5.41) is 0. The first-order valence-corrected chi connectivity index (χ1v) is 8.05. The highest BCUT2D eigenvalue weighted by Gasteiger charge is 2.16. The van der Waals surface area contributed by atoms with Gasteiger partial charge in [-0.2, -0.15) is 0 Å². The maximum Gasteiger partial charge on any atom is 0.261 e. The Hall–Kier alpha value is -1.99. The third-order valence-corrected chi connectivity index (χ3v) is 4.61. The Morgan fingerprint density at radius 1 is 1.29 bits per heavy atom. The minimum Gasteiger partial charge on any atom is -0.389 e. The number of thiocarbonyl (C=S) groups is 1. The van der Waals surface area contributed by atoms with Crippen molar-refractivity contribution in [2.24, 2.45) is 5.73 Å². The average Bonchev–Trinajstić information content (AvgIpc) is 2.40. The fourth-order valence-electron chi connectivity index (χ4n) is 1.88. The van der Waals surface area contributed by atoms with Gasteiger partial charge in [0.25, 0.3) is 10.0 Å². The number of benzene rings is 1. The molecule has 5 nitrogen and oxygen atoms in total. The van der Waals surface area contributed by atoms with Crippen LogP contribution in [-0.2, 0) is 10.0 Å². The van der Waals surface area contributed by atoms with E-state index in [0.29, 0.717) is 22.5 Å². The van der Waals surface area contributed by atoms with Gasteiger partial charge in [0.15, 0.2) is 0 Å². The molecule has 0 saturated heterocycles. The topological polar surface area (TPSA) is 85.1 Å². The first-order valence-electron chi connectivity index (χ1n) is 6.16. The number of hydrogen-bond acceptors (Lipinski definition) is 4. The molecule has 0 radical (unpaired) electrons. The van der Waals surface area contributed by atoms with E-state index in [1.54, 1.807) is 44.3 Å². The predicted octanol–water partition coefficient (Wildman–Crippen LogP) is 2.13. The summed E-state index contributed by atoms with van der Waals surface area (Å²) < 4.78 is 27.3. The van der Waals surface area contributed by atoms with E-state index in [-0.39, 0.29) is 9.88 Å². The molecule has 0 bridgehead atoms. The van der Waals surface area contributed by atoms with Gasteiger partial charge in [-0.05, 0) is 43.7 Å². The SMILES string of the molecule is Cc1cc(S(=O)(=O)Nc2cccnc2C)ccc1C(N)=S. The van der Waals surface area contributed by atoms with Crippen molar-refractivity contribution in [2.75, 3.05) is 4.72 Å². The van der Waals surface area contributed by atoms with Crippen LogP contribution in [0.15, 0.2) is 41.4 Å². The number of sulfonamides is 1. The molecule has 7 heteroatoms. The van der Waals surface area contributed by atoms with Crippen LogP contribution in [0.1, 0.15) is 16.8 Å². The van der Waals surface area contributed by atoms with Crippen molar-refractivity contribution in [3.8, 4) is 0 Å². The monoisotopic (exact) mass is 321 g/mol. The smallest absolute Gasteiger partial charge is 0.261 e. The molecular weight excluding hydrogens is 306 g/mol. The third kappa shape index (κ3) is 3.37. The average molecular weight is 321 g/mol. The number of rotatable bonds is 4. The zero-order valence-electron chi connectivity index (χ0n) is 11.6. The fourth-order valence-corrected chi connectivity index (χ4v) is 3.31. The molecule has 110 valence electrons. The summed E-state index contributed by atoms with van der Waals surface area (Å²) in [7, 11) is -3.67. The van der Waals surface area contributed by atoms with Crippen LogP contribution >= 0.6 is 12.2 Å². The minimum atomic E-state index is -3.67. The minimum absolute atomic E-state index is 0.156. The first-order chi connectivity index (χ1) is 9.81. The van der Waals surface area contributed by atoms with Gasteiger partial charge in [0.2, 0.25) is 0 Å². The van der Waals surface area contributed by atoms with Crippen molar-refractivity contribution in [3.63, 3.8) is 0 Å². The lowest BCUT2D eigenvalue weighted by atomic mass is 10.1. The highest BCUT2D eigenvalue weighted by Crippen LogP contribution is 2.20. The molecular formula is C14H15N3O2S2. The molecule has 0 atom stereocenters. The standard InChI is InChI=1S/C14H15N3O2S2/c1-9-8-11(5-6-12(9)14(15)20)21(18,19)17-13-4-3-7-16-10(13)2/h3-8,17H,1-2H3,(H2,15,20). The van der Waals surface area contributed by atoms with Gasteiger partial charge in [-0.25, -0.2) is 8.42 Å². The number of nitrogens with zero attached hydrogens (tertiary/aromatic N) is 1. The summed E-state index contributed by atoms with van der Waals surface area (Å²) in [5.41, 5.74) is 8.02. The summed E-state index contributed by atoms with van der Waals surface area (Å²) in [6.07, 6.45) is 1.61. The lowest BCUT2D eigenvalue weighted by Crippen LogP contribution is -2.16. The summed E-state index contributed by atoms with van der Waals surface area (Å²) in [6.45, 7) is 3.50. The lowest BCUT2D eigenvalue weighted by molar-refractivity contribution is 0.601. The molecule has 0 fully saturated rings. The predicted molar refractivity (Wildman–Crippen MR) is 86.8 cm³/mol. The van der Waals surface area contributed by atoms with Gasteiger partial charge in [-0.1, -0.05) is 18.3 Å². The molecule has 1 aromatic heterocycles. The van der Waals surface area contributed by atoms with Gasteiger partial charge in [-0.15, -0.1) is 0 Å². The van der Waals surface area contributed by atoms with E-state index in [0.717, 1.165) is 0 Å². The zero-order chi connectivity index (χ0) is 15.6. The van der Waals surface area contributed by atoms with Crippen LogP contribution < -0.4 is 10.5 Å². The number of anilines is 1. The Balaban J connectivity index is 2.39. The van der Waals surface area contributed by atoms with E-state index in [1.807, 2.05) is 0 Å². The maximum absolute atomic E-state index is 12.4. The number of pyridine rings is 1. The van der Waals surface area contributed by atoms with Crippen LogP contribution in [0.4, 0.5) is 5.69 Å². The molecule has 2 rings (SSSR count). The van der Waals surface area contributed by atoms with E-state index in [9.17, 15) is 8.42 Å². The Labute approximate surface area is 129 Å². The molecule has 0 spiro atoms. The highest BCUT2D eigenvalue weighted by molar-refractivity contribution is 7.92. The van der Waals surface area contributed by atoms with Gasteiger partial charge in [0.1, 0.15) is 4.99 Å². The Morgan fingerprint density at radius 2 is 2.00 bits per heavy atom. The molecule has 2 aromatic rings. The van der Waals surface area contributed by atoms with Crippen LogP contribution in [0.5, 0.6) is 0 Å². The Morgan fingerprint density at radius 3 is 2.57 bits per heavy atom. The van der Waals surface area contributed by atoms with Crippen LogP contribution in [-0.4, -0.2) is 18.4 Å². The Bertz CT molecular complexity index is 802. The second kappa shape index (κ2) is 5.79. The van der Waals surface area contributed by atoms with E-state index in [2.05, 4.69) is 9.71 Å². The summed E-state index contributed by atoms with van der Waals surface area (Å²) in [6, 6.07) is 7.97. The third-order valence-electron chi connectivity index (χ3n) is 3.02. The summed E-state index contributed by atoms with van der Waals surface area (Å²) >= 11 is 4.91. The molecule has 0 unspecified atom stereocenters.